The van der Waals surface area contributed by atoms with E-state index in [0.717, 1.165) is 5.69 Å². The van der Waals surface area contributed by atoms with E-state index in [2.05, 4.69) is 15.4 Å². The molecule has 0 saturated heterocycles. The number of nitrogens with zero attached hydrogens (tertiary/aromatic N) is 5. The van der Waals surface area contributed by atoms with Crippen LogP contribution in [0.1, 0.15) is 31.2 Å². The van der Waals surface area contributed by atoms with Gasteiger partial charge in [-0.25, -0.2) is 19.0 Å². The maximum Gasteiger partial charge on any atom is 0.161 e. The van der Waals surface area contributed by atoms with Gasteiger partial charge in [-0.15, -0.1) is 0 Å². The summed E-state index contributed by atoms with van der Waals surface area (Å²) in [5.41, 5.74) is 14.6. The number of rotatable bonds is 6. The molecule has 11 heteroatoms. The molecule has 3 aromatic heterocycles. The Labute approximate surface area is 200 Å². The highest BCUT2D eigenvalue weighted by Gasteiger charge is 2.18. The number of nitrogens with one attached hydrogen (secondary N) is 1. The maximum absolute atomic E-state index is 14.7. The van der Waals surface area contributed by atoms with Crippen LogP contribution in [0.3, 0.4) is 0 Å². The topological polar surface area (TPSA) is 133 Å². The molecular weight excluding hydrogens is 459 g/mol. The van der Waals surface area contributed by atoms with Crippen molar-refractivity contribution < 1.29 is 9.50 Å². The number of anilines is 1. The van der Waals surface area contributed by atoms with Crippen LogP contribution in [0.4, 0.5) is 10.1 Å². The Morgan fingerprint density at radius 2 is 2.00 bits per heavy atom. The average Bonchev–Trinajstić information content (AvgIpc) is 3.33. The minimum Gasteiger partial charge on any atom is -0.402 e. The van der Waals surface area contributed by atoms with E-state index >= 15 is 0 Å². The minimum atomic E-state index is -0.788. The van der Waals surface area contributed by atoms with Gasteiger partial charge in [0, 0.05) is 23.0 Å². The predicted molar refractivity (Wildman–Crippen MR) is 130 cm³/mol. The number of aliphatic hydroxyl groups is 1. The van der Waals surface area contributed by atoms with Crippen molar-refractivity contribution >= 4 is 28.3 Å². The van der Waals surface area contributed by atoms with Gasteiger partial charge < -0.3 is 21.9 Å². The molecule has 0 radical (unpaired) electrons. The highest BCUT2D eigenvalue weighted by molar-refractivity contribution is 6.29. The van der Waals surface area contributed by atoms with E-state index in [0.29, 0.717) is 39.1 Å². The number of fused-ring (bicyclic) bond motifs is 1. The van der Waals surface area contributed by atoms with Gasteiger partial charge in [0.2, 0.25) is 0 Å². The zero-order chi connectivity index (χ0) is 24.6. The second-order valence-corrected chi connectivity index (χ2v) is 8.26. The zero-order valence-electron chi connectivity index (χ0n) is 18.8. The molecular formula is C23H24ClFN8O. The van der Waals surface area contributed by atoms with Gasteiger partial charge in [-0.1, -0.05) is 11.6 Å². The lowest BCUT2D eigenvalue weighted by Gasteiger charge is -2.15. The van der Waals surface area contributed by atoms with E-state index in [-0.39, 0.29) is 11.5 Å². The number of allylic oxidation sites excluding steroid dienone is 3. The average molecular weight is 483 g/mol. The lowest BCUT2D eigenvalue weighted by Crippen LogP contribution is -2.11. The Kier molecular flexibility index (Phi) is 6.27. The quantitative estimate of drug-likeness (QED) is 0.307. The third-order valence-corrected chi connectivity index (χ3v) is 5.27. The van der Waals surface area contributed by atoms with E-state index in [1.807, 2.05) is 6.92 Å². The molecule has 1 atom stereocenters. The molecule has 176 valence electrons. The second-order valence-electron chi connectivity index (χ2n) is 7.87. The lowest BCUT2D eigenvalue weighted by atomic mass is 10.1. The highest BCUT2D eigenvalue weighted by Crippen LogP contribution is 2.28. The number of halogens is 2. The van der Waals surface area contributed by atoms with E-state index in [1.165, 1.54) is 6.07 Å². The Balaban J connectivity index is 1.82. The highest BCUT2D eigenvalue weighted by atomic mass is 35.5. The van der Waals surface area contributed by atoms with Crippen LogP contribution in [0, 0.1) is 12.7 Å². The molecule has 9 nitrogen and oxygen atoms in total. The second kappa shape index (κ2) is 9.16. The molecule has 0 fully saturated rings. The third kappa shape index (κ3) is 4.59. The number of pyridine rings is 1. The van der Waals surface area contributed by atoms with Crippen molar-refractivity contribution in [2.75, 3.05) is 5.32 Å². The summed E-state index contributed by atoms with van der Waals surface area (Å²) >= 11 is 6.07. The number of aliphatic hydroxyl groups excluding tert-OH is 1. The van der Waals surface area contributed by atoms with Crippen molar-refractivity contribution in [1.29, 1.82) is 0 Å². The van der Waals surface area contributed by atoms with E-state index in [4.69, 9.17) is 28.1 Å². The van der Waals surface area contributed by atoms with Crippen molar-refractivity contribution in [3.63, 3.8) is 0 Å². The van der Waals surface area contributed by atoms with Gasteiger partial charge in [0.15, 0.2) is 11.0 Å². The molecule has 0 spiro atoms. The van der Waals surface area contributed by atoms with Crippen molar-refractivity contribution in [2.24, 2.45) is 11.5 Å². The Hall–Kier alpha value is -3.89. The predicted octanol–water partition coefficient (Wildman–Crippen LogP) is 3.83. The smallest absolute Gasteiger partial charge is 0.161 e. The van der Waals surface area contributed by atoms with Crippen LogP contribution in [-0.2, 0) is 0 Å². The summed E-state index contributed by atoms with van der Waals surface area (Å²) in [4.78, 5) is 9.03. The molecule has 34 heavy (non-hydrogen) atoms. The molecule has 0 aliphatic rings. The molecule has 3 heterocycles. The van der Waals surface area contributed by atoms with Crippen LogP contribution in [0.2, 0.25) is 5.15 Å². The summed E-state index contributed by atoms with van der Waals surface area (Å²) < 4.78 is 17.9. The van der Waals surface area contributed by atoms with Crippen molar-refractivity contribution in [2.45, 2.75) is 26.9 Å². The van der Waals surface area contributed by atoms with Crippen molar-refractivity contribution in [3.8, 4) is 11.6 Å². The molecule has 1 aromatic carbocycles. The summed E-state index contributed by atoms with van der Waals surface area (Å²) in [6.45, 7) is 5.20. The largest absolute Gasteiger partial charge is 0.402 e. The summed E-state index contributed by atoms with van der Waals surface area (Å²) in [5.74, 6) is 0.635. The van der Waals surface area contributed by atoms with Gasteiger partial charge in [-0.2, -0.15) is 5.10 Å². The van der Waals surface area contributed by atoms with Gasteiger partial charge in [-0.3, -0.25) is 4.57 Å². The Morgan fingerprint density at radius 3 is 2.65 bits per heavy atom. The van der Waals surface area contributed by atoms with Crippen LogP contribution in [0.15, 0.2) is 60.3 Å². The molecule has 6 N–H and O–H groups in total. The monoisotopic (exact) mass is 482 g/mol. The van der Waals surface area contributed by atoms with Crippen LogP contribution < -0.4 is 16.8 Å². The summed E-state index contributed by atoms with van der Waals surface area (Å²) in [6, 6.07) is 8.11. The normalized spacial score (nSPS) is 13.5. The fourth-order valence-electron chi connectivity index (χ4n) is 3.46. The van der Waals surface area contributed by atoms with E-state index in [1.54, 1.807) is 65.8 Å². The zero-order valence-corrected chi connectivity index (χ0v) is 19.5. The molecule has 4 rings (SSSR count). The molecule has 0 aliphatic carbocycles. The van der Waals surface area contributed by atoms with Crippen molar-refractivity contribution in [1.82, 2.24) is 24.3 Å². The van der Waals surface area contributed by atoms with Gasteiger partial charge in [0.25, 0.3) is 0 Å². The van der Waals surface area contributed by atoms with Gasteiger partial charge in [-0.05, 0) is 57.2 Å². The molecule has 0 saturated carbocycles. The third-order valence-electron chi connectivity index (χ3n) is 5.09. The first kappa shape index (κ1) is 23.3. The summed E-state index contributed by atoms with van der Waals surface area (Å²) in [5, 5.41) is 17.7. The Morgan fingerprint density at radius 1 is 1.24 bits per heavy atom. The number of hydrogen-bond acceptors (Lipinski definition) is 7. The number of nitrogens with two attached hydrogens (primary N) is 2. The number of imidazole rings is 1. The van der Waals surface area contributed by atoms with Gasteiger partial charge in [0.05, 0.1) is 22.8 Å². The van der Waals surface area contributed by atoms with Crippen LogP contribution >= 0.6 is 11.6 Å². The number of aromatic nitrogens is 5. The molecule has 0 bridgehead atoms. The fourth-order valence-corrected chi connectivity index (χ4v) is 3.69. The first-order valence-corrected chi connectivity index (χ1v) is 10.8. The van der Waals surface area contributed by atoms with Gasteiger partial charge >= 0.3 is 0 Å². The van der Waals surface area contributed by atoms with Gasteiger partial charge in [0.1, 0.15) is 23.8 Å². The number of hydrogen-bond donors (Lipinski definition) is 4. The minimum absolute atomic E-state index is 0.168. The maximum atomic E-state index is 14.7. The molecule has 1 unspecified atom stereocenters. The van der Waals surface area contributed by atoms with E-state index < -0.39 is 11.9 Å². The Bertz CT molecular complexity index is 1430. The number of benzene rings is 1. The molecule has 0 amide bonds. The van der Waals surface area contributed by atoms with Crippen LogP contribution in [-0.4, -0.2) is 29.4 Å². The lowest BCUT2D eigenvalue weighted by molar-refractivity contribution is 0.198. The molecule has 0 aliphatic heterocycles. The first-order chi connectivity index (χ1) is 16.1. The summed E-state index contributed by atoms with van der Waals surface area (Å²) in [7, 11) is 0. The standard InChI is InChI=1S/C23H24ClFN8O/c1-12(26)4-6-21(27)29-17-10-19-18(9-16(17)25)28-11-32(19)22-7-5-15(14(3)34)23(30-22)33-13(2)8-20(24)31-33/h4-11,14,29,34H,26-27H2,1-3H3/b12-4-,21-6+. The van der Waals surface area contributed by atoms with E-state index in [9.17, 15) is 9.50 Å². The van der Waals surface area contributed by atoms with Crippen LogP contribution in [0.25, 0.3) is 22.7 Å². The van der Waals surface area contributed by atoms with Crippen LogP contribution in [0.5, 0.6) is 0 Å². The fraction of sp³-hybridized carbons (Fsp3) is 0.174. The first-order valence-electron chi connectivity index (χ1n) is 10.4. The molecule has 4 aromatic rings. The summed E-state index contributed by atoms with van der Waals surface area (Å²) in [6.07, 6.45) is 3.92. The van der Waals surface area contributed by atoms with Crippen molar-refractivity contribution in [3.05, 3.63) is 82.6 Å². The number of aryl methyl sites for hydroxylation is 1. The SMILES string of the molecule is C/C(N)=C/C=C(\N)Nc1cc2c(cc1F)ncn2-c1ccc(C(C)O)c(-n2nc(Cl)cc2C)n1.